The predicted octanol–water partition coefficient (Wildman–Crippen LogP) is 2.86. The number of ether oxygens (including phenoxy) is 1. The molecule has 0 aromatic carbocycles. The number of unbranched alkanes of at least 4 members (excludes halogenated alkanes) is 1. The first-order chi connectivity index (χ1) is 6.31. The van der Waals surface area contributed by atoms with Crippen LogP contribution in [0.5, 0.6) is 0 Å². The Kier molecular flexibility index (Phi) is 9.77. The minimum atomic E-state index is -0.0569. The molecule has 0 fully saturated rings. The highest BCUT2D eigenvalue weighted by atomic mass is 32.2. The van der Waals surface area contributed by atoms with Crippen LogP contribution in [-0.4, -0.2) is 24.1 Å². The van der Waals surface area contributed by atoms with Gasteiger partial charge in [0.25, 0.3) is 0 Å². The second-order valence-corrected chi connectivity index (χ2v) is 4.16. The van der Waals surface area contributed by atoms with Crippen LogP contribution in [0.25, 0.3) is 0 Å². The maximum atomic E-state index is 10.9. The molecule has 0 amide bonds. The molecule has 2 nitrogen and oxygen atoms in total. The smallest absolute Gasteiger partial charge is 0.305 e. The Morgan fingerprint density at radius 3 is 2.62 bits per heavy atom. The van der Waals surface area contributed by atoms with Crippen molar-refractivity contribution in [3.63, 3.8) is 0 Å². The number of hydrogen-bond acceptors (Lipinski definition) is 3. The van der Waals surface area contributed by atoms with E-state index in [1.54, 1.807) is 0 Å². The van der Waals surface area contributed by atoms with Gasteiger partial charge in [0, 0.05) is 12.2 Å². The maximum Gasteiger partial charge on any atom is 0.305 e. The molecule has 0 saturated heterocycles. The van der Waals surface area contributed by atoms with E-state index in [0.717, 1.165) is 12.2 Å². The van der Waals surface area contributed by atoms with Crippen molar-refractivity contribution in [1.29, 1.82) is 0 Å². The molecule has 0 spiro atoms. The van der Waals surface area contributed by atoms with Gasteiger partial charge in [0.15, 0.2) is 0 Å². The highest BCUT2D eigenvalue weighted by Gasteiger charge is 1.99. The molecule has 0 atom stereocenters. The molecular formula is C10H20O2S. The summed E-state index contributed by atoms with van der Waals surface area (Å²) < 4.78 is 5.00. The van der Waals surface area contributed by atoms with Gasteiger partial charge in [-0.15, -0.1) is 0 Å². The Labute approximate surface area is 85.4 Å². The Morgan fingerprint density at radius 2 is 2.00 bits per heavy atom. The van der Waals surface area contributed by atoms with Crippen molar-refractivity contribution in [2.24, 2.45) is 0 Å². The van der Waals surface area contributed by atoms with Crippen LogP contribution in [0.3, 0.4) is 0 Å². The fourth-order valence-corrected chi connectivity index (χ4v) is 1.74. The number of rotatable bonds is 8. The summed E-state index contributed by atoms with van der Waals surface area (Å²) in [5.74, 6) is 2.07. The number of hydrogen-bond donors (Lipinski definition) is 0. The molecule has 0 aliphatic carbocycles. The van der Waals surface area contributed by atoms with Gasteiger partial charge in [0.2, 0.25) is 0 Å². The highest BCUT2D eigenvalue weighted by molar-refractivity contribution is 7.99. The monoisotopic (exact) mass is 204 g/mol. The van der Waals surface area contributed by atoms with E-state index in [9.17, 15) is 4.79 Å². The third kappa shape index (κ3) is 9.74. The lowest BCUT2D eigenvalue weighted by atomic mass is 10.3. The van der Waals surface area contributed by atoms with E-state index in [1.807, 2.05) is 18.7 Å². The topological polar surface area (TPSA) is 26.3 Å². The molecule has 0 aliphatic heterocycles. The first-order valence-corrected chi connectivity index (χ1v) is 6.20. The van der Waals surface area contributed by atoms with Gasteiger partial charge < -0.3 is 4.74 Å². The van der Waals surface area contributed by atoms with Gasteiger partial charge in [0.1, 0.15) is 6.61 Å². The molecule has 0 radical (unpaired) electrons. The van der Waals surface area contributed by atoms with Crippen molar-refractivity contribution in [3.05, 3.63) is 0 Å². The minimum Gasteiger partial charge on any atom is -0.465 e. The Bertz CT molecular complexity index is 126. The van der Waals surface area contributed by atoms with E-state index in [0.29, 0.717) is 13.0 Å². The number of carbonyl (C=O) groups is 1. The van der Waals surface area contributed by atoms with Crippen LogP contribution >= 0.6 is 11.8 Å². The highest BCUT2D eigenvalue weighted by Crippen LogP contribution is 2.04. The van der Waals surface area contributed by atoms with E-state index in [-0.39, 0.29) is 5.97 Å². The quantitative estimate of drug-likeness (QED) is 0.449. The van der Waals surface area contributed by atoms with Crippen LogP contribution < -0.4 is 0 Å². The van der Waals surface area contributed by atoms with Gasteiger partial charge in [-0.1, -0.05) is 20.3 Å². The van der Waals surface area contributed by atoms with Crippen LogP contribution in [0, 0.1) is 0 Å². The van der Waals surface area contributed by atoms with Crippen molar-refractivity contribution < 1.29 is 9.53 Å². The van der Waals surface area contributed by atoms with E-state index in [1.165, 1.54) is 18.6 Å². The summed E-state index contributed by atoms with van der Waals surface area (Å²) in [6.07, 6.45) is 3.93. The zero-order valence-electron chi connectivity index (χ0n) is 8.67. The van der Waals surface area contributed by atoms with Crippen LogP contribution in [-0.2, 0) is 9.53 Å². The average molecular weight is 204 g/mol. The largest absolute Gasteiger partial charge is 0.465 e. The first-order valence-electron chi connectivity index (χ1n) is 5.04. The van der Waals surface area contributed by atoms with Crippen LogP contribution in [0.1, 0.15) is 39.5 Å². The SMILES string of the molecule is CCCCSCCOC(=O)CCC. The second kappa shape index (κ2) is 9.90. The molecular weight excluding hydrogens is 184 g/mol. The third-order valence-corrected chi connectivity index (χ3v) is 2.62. The molecule has 0 heterocycles. The van der Waals surface area contributed by atoms with Crippen molar-refractivity contribution in [3.8, 4) is 0 Å². The molecule has 78 valence electrons. The fourth-order valence-electron chi connectivity index (χ4n) is 0.839. The lowest BCUT2D eigenvalue weighted by Gasteiger charge is -2.03. The summed E-state index contributed by atoms with van der Waals surface area (Å²) in [4.78, 5) is 10.9. The summed E-state index contributed by atoms with van der Waals surface area (Å²) in [6.45, 7) is 4.74. The van der Waals surface area contributed by atoms with Crippen molar-refractivity contribution in [2.45, 2.75) is 39.5 Å². The van der Waals surface area contributed by atoms with Crippen LogP contribution in [0.15, 0.2) is 0 Å². The first kappa shape index (κ1) is 12.8. The summed E-state index contributed by atoms with van der Waals surface area (Å²) in [5, 5.41) is 0. The third-order valence-electron chi connectivity index (χ3n) is 1.59. The molecule has 0 aromatic rings. The van der Waals surface area contributed by atoms with Crippen molar-refractivity contribution in [1.82, 2.24) is 0 Å². The molecule has 3 heteroatoms. The number of carbonyl (C=O) groups excluding carboxylic acids is 1. The number of thioether (sulfide) groups is 1. The zero-order chi connectivity index (χ0) is 9.94. The van der Waals surface area contributed by atoms with Gasteiger partial charge in [-0.3, -0.25) is 4.79 Å². The van der Waals surface area contributed by atoms with E-state index < -0.39 is 0 Å². The van der Waals surface area contributed by atoms with Gasteiger partial charge in [-0.05, 0) is 18.6 Å². The van der Waals surface area contributed by atoms with E-state index in [2.05, 4.69) is 6.92 Å². The lowest BCUT2D eigenvalue weighted by Crippen LogP contribution is -2.06. The maximum absolute atomic E-state index is 10.9. The predicted molar refractivity (Wildman–Crippen MR) is 58.1 cm³/mol. The minimum absolute atomic E-state index is 0.0569. The van der Waals surface area contributed by atoms with Gasteiger partial charge in [-0.25, -0.2) is 0 Å². The lowest BCUT2D eigenvalue weighted by molar-refractivity contribution is -0.142. The molecule has 0 N–H and O–H groups in total. The second-order valence-electron chi connectivity index (χ2n) is 2.94. The molecule has 0 bridgehead atoms. The standard InChI is InChI=1S/C10H20O2S/c1-3-5-8-13-9-7-12-10(11)6-4-2/h3-9H2,1-2H3. The van der Waals surface area contributed by atoms with E-state index >= 15 is 0 Å². The van der Waals surface area contributed by atoms with Crippen LogP contribution in [0.2, 0.25) is 0 Å². The zero-order valence-corrected chi connectivity index (χ0v) is 9.49. The molecule has 0 aliphatic rings. The van der Waals surface area contributed by atoms with Gasteiger partial charge >= 0.3 is 5.97 Å². The van der Waals surface area contributed by atoms with Gasteiger partial charge in [0.05, 0.1) is 0 Å². The van der Waals surface area contributed by atoms with Crippen molar-refractivity contribution in [2.75, 3.05) is 18.1 Å². The van der Waals surface area contributed by atoms with Gasteiger partial charge in [-0.2, -0.15) is 11.8 Å². The Morgan fingerprint density at radius 1 is 1.23 bits per heavy atom. The van der Waals surface area contributed by atoms with Crippen molar-refractivity contribution >= 4 is 17.7 Å². The van der Waals surface area contributed by atoms with E-state index in [4.69, 9.17) is 4.74 Å². The molecule has 0 rings (SSSR count). The Balaban J connectivity index is 3.02. The molecule has 0 unspecified atom stereocenters. The number of esters is 1. The summed E-state index contributed by atoms with van der Waals surface area (Å²) in [7, 11) is 0. The molecule has 13 heavy (non-hydrogen) atoms. The summed E-state index contributed by atoms with van der Waals surface area (Å²) in [5.41, 5.74) is 0. The fraction of sp³-hybridized carbons (Fsp3) is 0.900. The Hall–Kier alpha value is -0.180. The average Bonchev–Trinajstić information content (AvgIpc) is 2.11. The molecule has 0 saturated carbocycles. The summed E-state index contributed by atoms with van der Waals surface area (Å²) in [6, 6.07) is 0. The molecule has 0 aromatic heterocycles. The summed E-state index contributed by atoms with van der Waals surface area (Å²) >= 11 is 1.86. The van der Waals surface area contributed by atoms with Crippen LogP contribution in [0.4, 0.5) is 0 Å². The normalized spacial score (nSPS) is 10.0.